The molecule has 0 radical (unpaired) electrons. The summed E-state index contributed by atoms with van der Waals surface area (Å²) in [5.74, 6) is -0.431. The summed E-state index contributed by atoms with van der Waals surface area (Å²) in [5.41, 5.74) is 3.00. The first-order chi connectivity index (χ1) is 15.7. The third-order valence-corrected chi connectivity index (χ3v) is 5.93. The van der Waals surface area contributed by atoms with E-state index in [0.717, 1.165) is 11.1 Å². The fourth-order valence-corrected chi connectivity index (χ4v) is 4.07. The number of aryl methyl sites for hydroxylation is 1. The fraction of sp³-hybridized carbons (Fsp3) is 0.542. The smallest absolute Gasteiger partial charge is 0.338 e. The van der Waals surface area contributed by atoms with Crippen molar-refractivity contribution in [2.45, 2.75) is 39.8 Å². The minimum absolute atomic E-state index is 0.0651. The third kappa shape index (κ3) is 5.84. The van der Waals surface area contributed by atoms with Gasteiger partial charge in [0.05, 0.1) is 18.2 Å². The van der Waals surface area contributed by atoms with E-state index in [-0.39, 0.29) is 24.7 Å². The van der Waals surface area contributed by atoms with Gasteiger partial charge in [-0.2, -0.15) is 0 Å². The van der Waals surface area contributed by atoms with Gasteiger partial charge in [-0.3, -0.25) is 9.80 Å². The molecular formula is C24H35N5O4. The van der Waals surface area contributed by atoms with E-state index < -0.39 is 12.0 Å². The van der Waals surface area contributed by atoms with Crippen LogP contribution in [0.3, 0.4) is 0 Å². The summed E-state index contributed by atoms with van der Waals surface area (Å²) in [6, 6.07) is 6.95. The number of carbonyl (C=O) groups excluding carboxylic acids is 3. The van der Waals surface area contributed by atoms with Crippen LogP contribution in [0.2, 0.25) is 0 Å². The molecule has 0 unspecified atom stereocenters. The number of rotatable bonds is 6. The predicted molar refractivity (Wildman–Crippen MR) is 126 cm³/mol. The second kappa shape index (κ2) is 10.7. The first-order valence-electron chi connectivity index (χ1n) is 11.5. The second-order valence-electron chi connectivity index (χ2n) is 8.80. The Balaban J connectivity index is 1.86. The van der Waals surface area contributed by atoms with Crippen molar-refractivity contribution in [3.63, 3.8) is 0 Å². The molecule has 0 aliphatic carbocycles. The van der Waals surface area contributed by atoms with Gasteiger partial charge in [0.1, 0.15) is 0 Å². The summed E-state index contributed by atoms with van der Waals surface area (Å²) >= 11 is 0. The Bertz CT molecular complexity index is 904. The Kier molecular flexibility index (Phi) is 7.97. The summed E-state index contributed by atoms with van der Waals surface area (Å²) in [5, 5.41) is 5.87. The zero-order chi connectivity index (χ0) is 24.1. The van der Waals surface area contributed by atoms with Crippen molar-refractivity contribution < 1.29 is 19.1 Å². The predicted octanol–water partition coefficient (Wildman–Crippen LogP) is 2.24. The summed E-state index contributed by atoms with van der Waals surface area (Å²) in [6.07, 6.45) is 0. The fourth-order valence-electron chi connectivity index (χ4n) is 4.07. The lowest BCUT2D eigenvalue weighted by molar-refractivity contribution is -0.139. The van der Waals surface area contributed by atoms with E-state index in [9.17, 15) is 14.4 Å². The molecule has 0 bridgehead atoms. The number of carbonyl (C=O) groups is 3. The van der Waals surface area contributed by atoms with Gasteiger partial charge in [-0.25, -0.2) is 14.4 Å². The number of ether oxygens (including phenoxy) is 1. The standard InChI is InChI=1S/C24H35N5O4/c1-6-33-22(30)20-19(15-28-11-13-29(14-12-28)24(32)25-16(2)3)27(5)23(31)26-21(20)18-9-7-17(4)8-10-18/h7-10,16,21H,6,11-15H2,1-5H3,(H,25,32)(H,26,31)/t21-/m0/s1. The summed E-state index contributed by atoms with van der Waals surface area (Å²) < 4.78 is 5.39. The van der Waals surface area contributed by atoms with Crippen molar-refractivity contribution in [3.8, 4) is 0 Å². The lowest BCUT2D eigenvalue weighted by Crippen LogP contribution is -2.55. The van der Waals surface area contributed by atoms with Gasteiger partial charge >= 0.3 is 18.0 Å². The summed E-state index contributed by atoms with van der Waals surface area (Å²) in [7, 11) is 1.67. The van der Waals surface area contributed by atoms with E-state index in [0.29, 0.717) is 44.0 Å². The maximum atomic E-state index is 13.1. The van der Waals surface area contributed by atoms with Gasteiger partial charge in [0.2, 0.25) is 0 Å². The number of amides is 4. The van der Waals surface area contributed by atoms with Crippen LogP contribution in [0.5, 0.6) is 0 Å². The molecule has 1 atom stereocenters. The van der Waals surface area contributed by atoms with Crippen molar-refractivity contribution in [2.75, 3.05) is 46.4 Å². The maximum absolute atomic E-state index is 13.1. The minimum Gasteiger partial charge on any atom is -0.463 e. The number of hydrogen-bond donors (Lipinski definition) is 2. The monoisotopic (exact) mass is 457 g/mol. The number of nitrogens with one attached hydrogen (secondary N) is 2. The van der Waals surface area contributed by atoms with Crippen LogP contribution in [0.4, 0.5) is 9.59 Å². The Hall–Kier alpha value is -3.07. The van der Waals surface area contributed by atoms with E-state index in [4.69, 9.17) is 4.74 Å². The second-order valence-corrected chi connectivity index (χ2v) is 8.80. The van der Waals surface area contributed by atoms with E-state index >= 15 is 0 Å². The van der Waals surface area contributed by atoms with Gasteiger partial charge in [0.15, 0.2) is 0 Å². The molecule has 9 nitrogen and oxygen atoms in total. The first kappa shape index (κ1) is 24.6. The minimum atomic E-state index is -0.582. The number of esters is 1. The lowest BCUT2D eigenvalue weighted by Gasteiger charge is -2.39. The molecule has 0 spiro atoms. The highest BCUT2D eigenvalue weighted by atomic mass is 16.5. The number of piperazine rings is 1. The molecule has 2 aliphatic heterocycles. The number of hydrogen-bond acceptors (Lipinski definition) is 5. The molecule has 9 heteroatoms. The first-order valence-corrected chi connectivity index (χ1v) is 11.5. The van der Waals surface area contributed by atoms with E-state index in [1.165, 1.54) is 4.90 Å². The zero-order valence-corrected chi connectivity index (χ0v) is 20.2. The van der Waals surface area contributed by atoms with Gasteiger partial charge in [0.25, 0.3) is 0 Å². The summed E-state index contributed by atoms with van der Waals surface area (Å²) in [4.78, 5) is 43.6. The van der Waals surface area contributed by atoms with Gasteiger partial charge in [-0.1, -0.05) is 29.8 Å². The molecule has 0 saturated carbocycles. The number of likely N-dealkylation sites (N-methyl/N-ethyl adjacent to an activating group) is 1. The molecule has 3 rings (SSSR count). The van der Waals surface area contributed by atoms with Crippen LogP contribution >= 0.6 is 0 Å². The van der Waals surface area contributed by atoms with Crippen molar-refractivity contribution >= 4 is 18.0 Å². The van der Waals surface area contributed by atoms with Gasteiger partial charge in [-0.15, -0.1) is 0 Å². The quantitative estimate of drug-likeness (QED) is 0.639. The normalized spacial score (nSPS) is 19.6. The third-order valence-electron chi connectivity index (χ3n) is 5.93. The van der Waals surface area contributed by atoms with Gasteiger partial charge < -0.3 is 20.3 Å². The molecule has 1 aromatic carbocycles. The van der Waals surface area contributed by atoms with Crippen molar-refractivity contribution in [1.29, 1.82) is 0 Å². The number of benzene rings is 1. The van der Waals surface area contributed by atoms with Crippen LogP contribution < -0.4 is 10.6 Å². The van der Waals surface area contributed by atoms with Gasteiger partial charge in [-0.05, 0) is 33.3 Å². The Morgan fingerprint density at radius 2 is 1.79 bits per heavy atom. The van der Waals surface area contributed by atoms with E-state index in [1.807, 2.05) is 45.0 Å². The molecule has 4 amide bonds. The molecule has 1 saturated heterocycles. The SMILES string of the molecule is CCOC(=O)C1=C(CN2CCN(C(=O)NC(C)C)CC2)N(C)C(=O)N[C@H]1c1ccc(C)cc1. The molecule has 180 valence electrons. The van der Waals surface area contributed by atoms with Crippen LogP contribution in [0.15, 0.2) is 35.5 Å². The molecule has 2 heterocycles. The molecule has 0 aromatic heterocycles. The molecule has 2 aliphatic rings. The topological polar surface area (TPSA) is 94.2 Å². The lowest BCUT2D eigenvalue weighted by atomic mass is 9.93. The van der Waals surface area contributed by atoms with Crippen LogP contribution in [0, 0.1) is 6.92 Å². The number of urea groups is 2. The molecule has 2 N–H and O–H groups in total. The molecule has 1 fully saturated rings. The Morgan fingerprint density at radius 3 is 2.36 bits per heavy atom. The van der Waals surface area contributed by atoms with Crippen molar-refractivity contribution in [2.24, 2.45) is 0 Å². The van der Waals surface area contributed by atoms with Crippen LogP contribution in [-0.4, -0.2) is 85.2 Å². The van der Waals surface area contributed by atoms with E-state index in [2.05, 4.69) is 15.5 Å². The average Bonchev–Trinajstić information content (AvgIpc) is 2.77. The van der Waals surface area contributed by atoms with Crippen LogP contribution in [0.1, 0.15) is 37.9 Å². The van der Waals surface area contributed by atoms with E-state index in [1.54, 1.807) is 18.9 Å². The van der Waals surface area contributed by atoms with Crippen molar-refractivity contribution in [3.05, 3.63) is 46.7 Å². The Labute approximate surface area is 195 Å². The van der Waals surface area contributed by atoms with Crippen LogP contribution in [0.25, 0.3) is 0 Å². The summed E-state index contributed by atoms with van der Waals surface area (Å²) in [6.45, 7) is 10.8. The maximum Gasteiger partial charge on any atom is 0.338 e. The molecule has 33 heavy (non-hydrogen) atoms. The number of nitrogens with zero attached hydrogens (tertiary/aromatic N) is 3. The molecule has 1 aromatic rings. The highest BCUT2D eigenvalue weighted by Gasteiger charge is 2.37. The highest BCUT2D eigenvalue weighted by Crippen LogP contribution is 2.31. The van der Waals surface area contributed by atoms with Crippen LogP contribution in [-0.2, 0) is 9.53 Å². The zero-order valence-electron chi connectivity index (χ0n) is 20.2. The van der Waals surface area contributed by atoms with Gasteiger partial charge in [0, 0.05) is 51.5 Å². The highest BCUT2D eigenvalue weighted by molar-refractivity contribution is 5.95. The molecular weight excluding hydrogens is 422 g/mol. The van der Waals surface area contributed by atoms with Crippen molar-refractivity contribution in [1.82, 2.24) is 25.3 Å². The Morgan fingerprint density at radius 1 is 1.15 bits per heavy atom. The largest absolute Gasteiger partial charge is 0.463 e. The average molecular weight is 458 g/mol.